The molecule has 17 heavy (non-hydrogen) atoms. The molecule has 3 heteroatoms. The average molecular weight is 238 g/mol. The lowest BCUT2D eigenvalue weighted by molar-refractivity contribution is -0.129. The zero-order valence-corrected chi connectivity index (χ0v) is 11.2. The standard InChI is InChI=1S/C14H26N2O/c1-4-9-15-10-7-13-5-6-14(17)16(13)11-8-12(2)3/h4,12-13,15H,1,5-11H2,2-3H3. The van der Waals surface area contributed by atoms with Gasteiger partial charge in [0, 0.05) is 25.6 Å². The van der Waals surface area contributed by atoms with Crippen LogP contribution in [-0.4, -0.2) is 36.5 Å². The molecule has 0 bridgehead atoms. The summed E-state index contributed by atoms with van der Waals surface area (Å²) in [6, 6.07) is 0.457. The Kier molecular flexibility index (Phi) is 6.27. The molecule has 1 aliphatic heterocycles. The summed E-state index contributed by atoms with van der Waals surface area (Å²) in [6.07, 6.45) is 5.83. The zero-order valence-electron chi connectivity index (χ0n) is 11.2. The molecule has 1 N–H and O–H groups in total. The number of carbonyl (C=O) groups excluding carboxylic acids is 1. The number of rotatable bonds is 8. The molecular weight excluding hydrogens is 212 g/mol. The molecule has 1 heterocycles. The minimum atomic E-state index is 0.347. The molecule has 98 valence electrons. The molecule has 1 saturated heterocycles. The summed E-state index contributed by atoms with van der Waals surface area (Å²) in [4.78, 5) is 13.9. The highest BCUT2D eigenvalue weighted by atomic mass is 16.2. The van der Waals surface area contributed by atoms with Crippen molar-refractivity contribution in [3.05, 3.63) is 12.7 Å². The van der Waals surface area contributed by atoms with E-state index < -0.39 is 0 Å². The van der Waals surface area contributed by atoms with Gasteiger partial charge in [0.05, 0.1) is 0 Å². The van der Waals surface area contributed by atoms with E-state index in [9.17, 15) is 4.79 Å². The van der Waals surface area contributed by atoms with Crippen molar-refractivity contribution in [2.24, 2.45) is 5.92 Å². The van der Waals surface area contributed by atoms with Gasteiger partial charge in [-0.25, -0.2) is 0 Å². The fourth-order valence-electron chi connectivity index (χ4n) is 2.27. The van der Waals surface area contributed by atoms with Crippen LogP contribution in [0.1, 0.15) is 39.5 Å². The maximum Gasteiger partial charge on any atom is 0.222 e. The Morgan fingerprint density at radius 1 is 1.59 bits per heavy atom. The molecule has 0 aromatic rings. The molecule has 0 aromatic carbocycles. The Bertz CT molecular complexity index is 251. The lowest BCUT2D eigenvalue weighted by atomic mass is 10.1. The fraction of sp³-hybridized carbons (Fsp3) is 0.786. The van der Waals surface area contributed by atoms with Crippen LogP contribution in [0.2, 0.25) is 0 Å². The van der Waals surface area contributed by atoms with Crippen molar-refractivity contribution in [2.45, 2.75) is 45.6 Å². The minimum Gasteiger partial charge on any atom is -0.340 e. The van der Waals surface area contributed by atoms with Crippen molar-refractivity contribution in [3.8, 4) is 0 Å². The van der Waals surface area contributed by atoms with Crippen LogP contribution >= 0.6 is 0 Å². The van der Waals surface area contributed by atoms with Gasteiger partial charge in [0.25, 0.3) is 0 Å². The van der Waals surface area contributed by atoms with Gasteiger partial charge in [0.15, 0.2) is 0 Å². The van der Waals surface area contributed by atoms with Crippen LogP contribution in [-0.2, 0) is 4.79 Å². The van der Waals surface area contributed by atoms with Crippen LogP contribution in [0, 0.1) is 5.92 Å². The Labute approximate surface area is 105 Å². The van der Waals surface area contributed by atoms with Gasteiger partial charge in [-0.1, -0.05) is 19.9 Å². The lowest BCUT2D eigenvalue weighted by Crippen LogP contribution is -2.36. The van der Waals surface area contributed by atoms with E-state index in [-0.39, 0.29) is 0 Å². The molecule has 3 nitrogen and oxygen atoms in total. The highest BCUT2D eigenvalue weighted by molar-refractivity contribution is 5.78. The third-order valence-electron chi connectivity index (χ3n) is 3.34. The second-order valence-corrected chi connectivity index (χ2v) is 5.24. The summed E-state index contributed by atoms with van der Waals surface area (Å²) in [5.74, 6) is 1.02. The summed E-state index contributed by atoms with van der Waals surface area (Å²) in [6.45, 7) is 10.9. The second kappa shape index (κ2) is 7.49. The Morgan fingerprint density at radius 2 is 2.35 bits per heavy atom. The van der Waals surface area contributed by atoms with E-state index in [1.165, 1.54) is 0 Å². The largest absolute Gasteiger partial charge is 0.340 e. The van der Waals surface area contributed by atoms with Gasteiger partial charge in [-0.2, -0.15) is 0 Å². The number of carbonyl (C=O) groups is 1. The van der Waals surface area contributed by atoms with Crippen molar-refractivity contribution < 1.29 is 4.79 Å². The molecule has 1 atom stereocenters. The number of hydrogen-bond donors (Lipinski definition) is 1. The highest BCUT2D eigenvalue weighted by Gasteiger charge is 2.29. The van der Waals surface area contributed by atoms with E-state index in [1.807, 2.05) is 6.08 Å². The van der Waals surface area contributed by atoms with E-state index in [0.717, 1.165) is 45.3 Å². The van der Waals surface area contributed by atoms with Crippen molar-refractivity contribution >= 4 is 5.91 Å². The Morgan fingerprint density at radius 3 is 3.00 bits per heavy atom. The molecule has 1 unspecified atom stereocenters. The monoisotopic (exact) mass is 238 g/mol. The van der Waals surface area contributed by atoms with Gasteiger partial charge >= 0.3 is 0 Å². The summed E-state index contributed by atoms with van der Waals surface area (Å²) >= 11 is 0. The lowest BCUT2D eigenvalue weighted by Gasteiger charge is -2.25. The summed E-state index contributed by atoms with van der Waals surface area (Å²) in [7, 11) is 0. The van der Waals surface area contributed by atoms with Crippen LogP contribution < -0.4 is 5.32 Å². The number of nitrogens with one attached hydrogen (secondary N) is 1. The first-order valence-corrected chi connectivity index (χ1v) is 6.76. The summed E-state index contributed by atoms with van der Waals surface area (Å²) < 4.78 is 0. The van der Waals surface area contributed by atoms with Gasteiger partial charge in [-0.05, 0) is 31.7 Å². The molecule has 0 radical (unpaired) electrons. The normalized spacial score (nSPS) is 20.3. The van der Waals surface area contributed by atoms with E-state index in [1.54, 1.807) is 0 Å². The topological polar surface area (TPSA) is 32.3 Å². The van der Waals surface area contributed by atoms with Crippen molar-refractivity contribution in [3.63, 3.8) is 0 Å². The first kappa shape index (κ1) is 14.2. The van der Waals surface area contributed by atoms with Crippen molar-refractivity contribution in [2.75, 3.05) is 19.6 Å². The minimum absolute atomic E-state index is 0.347. The molecule has 1 amide bonds. The maximum absolute atomic E-state index is 11.8. The fourth-order valence-corrected chi connectivity index (χ4v) is 2.27. The molecule has 0 spiro atoms. The Balaban J connectivity index is 2.30. The predicted octanol–water partition coefficient (Wildman–Crippen LogP) is 2.19. The molecular formula is C14H26N2O. The first-order valence-electron chi connectivity index (χ1n) is 6.76. The molecule has 1 aliphatic rings. The predicted molar refractivity (Wildman–Crippen MR) is 71.9 cm³/mol. The van der Waals surface area contributed by atoms with Crippen molar-refractivity contribution in [1.82, 2.24) is 10.2 Å². The SMILES string of the molecule is C=CCNCCC1CCC(=O)N1CCC(C)C. The summed E-state index contributed by atoms with van der Waals surface area (Å²) in [5.41, 5.74) is 0. The van der Waals surface area contributed by atoms with E-state index >= 15 is 0 Å². The summed E-state index contributed by atoms with van der Waals surface area (Å²) in [5, 5.41) is 3.31. The first-order chi connectivity index (χ1) is 8.15. The number of hydrogen-bond acceptors (Lipinski definition) is 2. The van der Waals surface area contributed by atoms with Crippen LogP contribution in [0.15, 0.2) is 12.7 Å². The van der Waals surface area contributed by atoms with E-state index in [0.29, 0.717) is 17.9 Å². The van der Waals surface area contributed by atoms with Crippen LogP contribution in [0.3, 0.4) is 0 Å². The quantitative estimate of drug-likeness (QED) is 0.519. The van der Waals surface area contributed by atoms with Gasteiger partial charge < -0.3 is 10.2 Å². The molecule has 1 fully saturated rings. The number of amides is 1. The number of likely N-dealkylation sites (tertiary alicyclic amines) is 1. The molecule has 0 aromatic heterocycles. The third kappa shape index (κ3) is 4.90. The third-order valence-corrected chi connectivity index (χ3v) is 3.34. The van der Waals surface area contributed by atoms with Crippen LogP contribution in [0.5, 0.6) is 0 Å². The van der Waals surface area contributed by atoms with Gasteiger partial charge in [0.1, 0.15) is 0 Å². The zero-order chi connectivity index (χ0) is 12.7. The van der Waals surface area contributed by atoms with Crippen LogP contribution in [0.25, 0.3) is 0 Å². The average Bonchev–Trinajstić information content (AvgIpc) is 2.63. The Hall–Kier alpha value is -0.830. The molecule has 0 saturated carbocycles. The maximum atomic E-state index is 11.8. The van der Waals surface area contributed by atoms with E-state index in [2.05, 4.69) is 30.6 Å². The van der Waals surface area contributed by atoms with Gasteiger partial charge in [-0.15, -0.1) is 6.58 Å². The smallest absolute Gasteiger partial charge is 0.222 e. The number of nitrogens with zero attached hydrogens (tertiary/aromatic N) is 1. The van der Waals surface area contributed by atoms with Gasteiger partial charge in [-0.3, -0.25) is 4.79 Å². The van der Waals surface area contributed by atoms with Crippen LogP contribution in [0.4, 0.5) is 0 Å². The molecule has 0 aliphatic carbocycles. The van der Waals surface area contributed by atoms with Crippen molar-refractivity contribution in [1.29, 1.82) is 0 Å². The molecule has 1 rings (SSSR count). The van der Waals surface area contributed by atoms with Gasteiger partial charge in [0.2, 0.25) is 5.91 Å². The highest BCUT2D eigenvalue weighted by Crippen LogP contribution is 2.22. The second-order valence-electron chi connectivity index (χ2n) is 5.24. The van der Waals surface area contributed by atoms with E-state index in [4.69, 9.17) is 0 Å².